The Morgan fingerprint density at radius 1 is 0.905 bits per heavy atom. The molecular formula is C16H31N3OS. The van der Waals surface area contributed by atoms with E-state index in [1.807, 2.05) is 0 Å². The molecule has 1 aromatic rings. The van der Waals surface area contributed by atoms with Crippen LogP contribution in [0.3, 0.4) is 0 Å². The molecule has 0 radical (unpaired) electrons. The molecule has 122 valence electrons. The fourth-order valence-electron chi connectivity index (χ4n) is 2.01. The highest BCUT2D eigenvalue weighted by Gasteiger charge is 1.93. The van der Waals surface area contributed by atoms with Gasteiger partial charge in [0.05, 0.1) is 0 Å². The van der Waals surface area contributed by atoms with E-state index in [0.717, 1.165) is 13.0 Å². The monoisotopic (exact) mass is 313 g/mol. The second kappa shape index (κ2) is 17.1. The molecule has 1 rings (SSSR count). The van der Waals surface area contributed by atoms with Crippen LogP contribution in [-0.4, -0.2) is 22.6 Å². The molecule has 0 fully saturated rings. The van der Waals surface area contributed by atoms with E-state index in [0.29, 0.717) is 0 Å². The number of unbranched alkanes of at least 4 members (excludes halogenated alkanes) is 9. The summed E-state index contributed by atoms with van der Waals surface area (Å²) >= 11 is 1.49. The molecule has 0 atom stereocenters. The van der Waals surface area contributed by atoms with Gasteiger partial charge in [-0.05, 0) is 6.42 Å². The number of amides is 1. The molecule has 0 aromatic carbocycles. The van der Waals surface area contributed by atoms with Crippen molar-refractivity contribution < 1.29 is 4.79 Å². The van der Waals surface area contributed by atoms with Crippen LogP contribution in [0.2, 0.25) is 0 Å². The van der Waals surface area contributed by atoms with E-state index < -0.39 is 0 Å². The molecule has 0 aliphatic rings. The summed E-state index contributed by atoms with van der Waals surface area (Å²) < 4.78 is 0. The number of nitrogens with one attached hydrogen (secondary N) is 1. The molecule has 0 saturated heterocycles. The number of hydrogen-bond acceptors (Lipinski definition) is 4. The number of aromatic nitrogens is 2. The first-order chi connectivity index (χ1) is 10.3. The quantitative estimate of drug-likeness (QED) is 0.608. The Kier molecular flexibility index (Phi) is 16.3. The standard InChI is InChI=1S/C14H29NO.C2H2N2S/c1-3-4-5-6-7-8-9-10-11-12-13-15-14(2)16;1-3-4-2-5-1/h3-13H2,1-2H3,(H,15,16);1-2H. The Bertz CT molecular complexity index is 287. The summed E-state index contributed by atoms with van der Waals surface area (Å²) in [7, 11) is 0. The Morgan fingerprint density at radius 3 is 1.76 bits per heavy atom. The molecule has 21 heavy (non-hydrogen) atoms. The van der Waals surface area contributed by atoms with Crippen LogP contribution in [0, 0.1) is 0 Å². The lowest BCUT2D eigenvalue weighted by Gasteiger charge is -2.03. The average Bonchev–Trinajstić information content (AvgIpc) is 3.04. The van der Waals surface area contributed by atoms with Crippen molar-refractivity contribution in [2.45, 2.75) is 78.1 Å². The molecule has 0 saturated carbocycles. The maximum absolute atomic E-state index is 10.6. The van der Waals surface area contributed by atoms with Gasteiger partial charge in [0.15, 0.2) is 0 Å². The predicted molar refractivity (Wildman–Crippen MR) is 90.4 cm³/mol. The van der Waals surface area contributed by atoms with Gasteiger partial charge in [0, 0.05) is 13.5 Å². The van der Waals surface area contributed by atoms with Gasteiger partial charge in [-0.25, -0.2) is 0 Å². The smallest absolute Gasteiger partial charge is 0.216 e. The van der Waals surface area contributed by atoms with E-state index in [1.165, 1.54) is 69.1 Å². The first-order valence-electron chi connectivity index (χ1n) is 8.20. The third kappa shape index (κ3) is 19.0. The molecule has 1 heterocycles. The van der Waals surface area contributed by atoms with Gasteiger partial charge in [-0.3, -0.25) is 4.79 Å². The Labute approximate surface area is 133 Å². The molecule has 4 nitrogen and oxygen atoms in total. The van der Waals surface area contributed by atoms with E-state index in [2.05, 4.69) is 22.4 Å². The summed E-state index contributed by atoms with van der Waals surface area (Å²) in [5.41, 5.74) is 3.36. The second-order valence-corrected chi connectivity index (χ2v) is 5.94. The van der Waals surface area contributed by atoms with Crippen molar-refractivity contribution in [3.63, 3.8) is 0 Å². The zero-order chi connectivity index (χ0) is 15.6. The lowest BCUT2D eigenvalue weighted by Crippen LogP contribution is -2.20. The molecular weight excluding hydrogens is 282 g/mol. The van der Waals surface area contributed by atoms with Crippen molar-refractivity contribution >= 4 is 17.2 Å². The number of nitrogens with zero attached hydrogens (tertiary/aromatic N) is 2. The molecule has 0 bridgehead atoms. The average molecular weight is 314 g/mol. The fourth-order valence-corrected chi connectivity index (χ4v) is 2.29. The topological polar surface area (TPSA) is 54.9 Å². The van der Waals surface area contributed by atoms with E-state index in [4.69, 9.17) is 0 Å². The zero-order valence-electron chi connectivity index (χ0n) is 13.6. The maximum Gasteiger partial charge on any atom is 0.216 e. The van der Waals surface area contributed by atoms with Gasteiger partial charge < -0.3 is 5.32 Å². The molecule has 5 heteroatoms. The minimum absolute atomic E-state index is 0.0934. The van der Waals surface area contributed by atoms with E-state index in [9.17, 15) is 4.79 Å². The van der Waals surface area contributed by atoms with Gasteiger partial charge in [0.1, 0.15) is 11.0 Å². The van der Waals surface area contributed by atoms with Gasteiger partial charge in [-0.15, -0.1) is 21.5 Å². The van der Waals surface area contributed by atoms with Gasteiger partial charge in [-0.2, -0.15) is 0 Å². The first-order valence-corrected chi connectivity index (χ1v) is 9.15. The Balaban J connectivity index is 0.000000662. The van der Waals surface area contributed by atoms with E-state index in [-0.39, 0.29) is 5.91 Å². The molecule has 0 aliphatic carbocycles. The minimum atomic E-state index is 0.0934. The normalized spacial score (nSPS) is 9.81. The largest absolute Gasteiger partial charge is 0.356 e. The van der Waals surface area contributed by atoms with Gasteiger partial charge in [-0.1, -0.05) is 64.7 Å². The number of carbonyl (C=O) groups excluding carboxylic acids is 1. The lowest BCUT2D eigenvalue weighted by atomic mass is 10.1. The molecule has 1 aromatic heterocycles. The SMILES string of the molecule is CCCCCCCCCCCCNC(C)=O.c1nncs1. The first kappa shape index (κ1) is 20.0. The summed E-state index contributed by atoms with van der Waals surface area (Å²) in [5, 5.41) is 9.81. The molecule has 1 amide bonds. The highest BCUT2D eigenvalue weighted by molar-refractivity contribution is 7.07. The molecule has 0 aliphatic heterocycles. The number of carbonyl (C=O) groups is 1. The lowest BCUT2D eigenvalue weighted by molar-refractivity contribution is -0.118. The van der Waals surface area contributed by atoms with Crippen LogP contribution in [-0.2, 0) is 4.79 Å². The van der Waals surface area contributed by atoms with Crippen molar-refractivity contribution in [1.82, 2.24) is 15.5 Å². The third-order valence-corrected chi connectivity index (χ3v) is 3.62. The van der Waals surface area contributed by atoms with Crippen LogP contribution < -0.4 is 5.32 Å². The van der Waals surface area contributed by atoms with Crippen LogP contribution in [0.4, 0.5) is 0 Å². The van der Waals surface area contributed by atoms with E-state index in [1.54, 1.807) is 17.9 Å². The van der Waals surface area contributed by atoms with Crippen molar-refractivity contribution in [3.05, 3.63) is 11.0 Å². The predicted octanol–water partition coefficient (Wildman–Crippen LogP) is 4.58. The van der Waals surface area contributed by atoms with Crippen LogP contribution in [0.5, 0.6) is 0 Å². The second-order valence-electron chi connectivity index (χ2n) is 5.24. The number of hydrogen-bond donors (Lipinski definition) is 1. The summed E-state index contributed by atoms with van der Waals surface area (Å²) in [5.74, 6) is 0.0934. The minimum Gasteiger partial charge on any atom is -0.356 e. The summed E-state index contributed by atoms with van der Waals surface area (Å²) in [6.45, 7) is 4.69. The van der Waals surface area contributed by atoms with Crippen LogP contribution in [0.1, 0.15) is 78.1 Å². The van der Waals surface area contributed by atoms with Crippen molar-refractivity contribution in [1.29, 1.82) is 0 Å². The number of rotatable bonds is 11. The van der Waals surface area contributed by atoms with Crippen LogP contribution in [0.15, 0.2) is 11.0 Å². The van der Waals surface area contributed by atoms with Crippen molar-refractivity contribution in [2.24, 2.45) is 0 Å². The van der Waals surface area contributed by atoms with Gasteiger partial charge >= 0.3 is 0 Å². The molecule has 0 spiro atoms. The summed E-state index contributed by atoms with van der Waals surface area (Å²) in [4.78, 5) is 10.6. The highest BCUT2D eigenvalue weighted by Crippen LogP contribution is 2.10. The molecule has 1 N–H and O–H groups in total. The van der Waals surface area contributed by atoms with E-state index >= 15 is 0 Å². The van der Waals surface area contributed by atoms with Crippen molar-refractivity contribution in [3.8, 4) is 0 Å². The highest BCUT2D eigenvalue weighted by atomic mass is 32.1. The van der Waals surface area contributed by atoms with Crippen molar-refractivity contribution in [2.75, 3.05) is 6.54 Å². The molecule has 0 unspecified atom stereocenters. The Morgan fingerprint density at radius 2 is 1.38 bits per heavy atom. The zero-order valence-corrected chi connectivity index (χ0v) is 14.5. The third-order valence-electron chi connectivity index (χ3n) is 3.19. The maximum atomic E-state index is 10.6. The van der Waals surface area contributed by atoms with Gasteiger partial charge in [0.2, 0.25) is 5.91 Å². The van der Waals surface area contributed by atoms with Gasteiger partial charge in [0.25, 0.3) is 0 Å². The fraction of sp³-hybridized carbons (Fsp3) is 0.812. The van der Waals surface area contributed by atoms with Crippen LogP contribution in [0.25, 0.3) is 0 Å². The summed E-state index contributed by atoms with van der Waals surface area (Å²) in [6, 6.07) is 0. The Hall–Kier alpha value is -0.970. The van der Waals surface area contributed by atoms with Crippen LogP contribution >= 0.6 is 11.3 Å². The summed E-state index contributed by atoms with van der Waals surface area (Å²) in [6.07, 6.45) is 13.5.